The molecule has 0 atom stereocenters. The van der Waals surface area contributed by atoms with Crippen LogP contribution in [0.3, 0.4) is 0 Å². The van der Waals surface area contributed by atoms with Gasteiger partial charge in [-0.2, -0.15) is 0 Å². The van der Waals surface area contributed by atoms with Crippen LogP contribution in [-0.4, -0.2) is 66.7 Å². The second-order valence-electron chi connectivity index (χ2n) is 5.04. The molecule has 0 fully saturated rings. The monoisotopic (exact) mass is 377 g/mol. The molecule has 11 nitrogen and oxygen atoms in total. The number of hydroxylamine groups is 1. The Labute approximate surface area is 143 Å². The van der Waals surface area contributed by atoms with Gasteiger partial charge in [-0.05, 0) is 40.7 Å². The van der Waals surface area contributed by atoms with Crippen LogP contribution in [-0.2, 0) is 9.84 Å². The van der Waals surface area contributed by atoms with Crippen molar-refractivity contribution < 1.29 is 33.2 Å². The van der Waals surface area contributed by atoms with E-state index in [0.717, 1.165) is 0 Å². The van der Waals surface area contributed by atoms with E-state index in [2.05, 4.69) is 5.11 Å². The zero-order chi connectivity index (χ0) is 19.1. The molecule has 0 amide bonds. The van der Waals surface area contributed by atoms with Crippen molar-refractivity contribution >= 4 is 9.84 Å². The van der Waals surface area contributed by atoms with E-state index in [4.69, 9.17) is 14.9 Å². The highest BCUT2D eigenvalue weighted by molar-refractivity contribution is 7.91. The van der Waals surface area contributed by atoms with Gasteiger partial charge in [-0.25, -0.2) is 8.42 Å². The summed E-state index contributed by atoms with van der Waals surface area (Å²) in [4.78, 5) is 9.36. The number of nitrogens with zero attached hydrogens (tertiary/aromatic N) is 3. The number of aliphatic hydroxyl groups excluding tert-OH is 2. The molecule has 25 heavy (non-hydrogen) atoms. The van der Waals surface area contributed by atoms with Crippen LogP contribution in [0.15, 0.2) is 34.3 Å². The molecule has 1 aromatic carbocycles. The molecule has 2 N–H and O–H groups in total. The van der Waals surface area contributed by atoms with Gasteiger partial charge in [0.25, 0.3) is 0 Å². The Bertz CT molecular complexity index is 713. The molecule has 0 radical (unpaired) electrons. The lowest BCUT2D eigenvalue weighted by Crippen LogP contribution is -2.53. The highest BCUT2D eigenvalue weighted by Gasteiger charge is 2.53. The van der Waals surface area contributed by atoms with Crippen molar-refractivity contribution in [3.63, 3.8) is 0 Å². The predicted octanol–water partition coefficient (Wildman–Crippen LogP) is -0.221. The number of aliphatic hydroxyl groups is 2. The normalized spacial score (nSPS) is 12.8. The molecule has 0 aliphatic heterocycles. The molecular formula is C13H19N3O8S. The maximum absolute atomic E-state index is 12.1. The van der Waals surface area contributed by atoms with Crippen LogP contribution in [0.1, 0.15) is 6.42 Å². The smallest absolute Gasteiger partial charge is 0.483 e. The van der Waals surface area contributed by atoms with Gasteiger partial charge in [0.15, 0.2) is 23.1 Å². The summed E-state index contributed by atoms with van der Waals surface area (Å²) < 4.78 is 29.2. The number of rotatable bonds is 10. The molecular weight excluding hydrogens is 358 g/mol. The summed E-state index contributed by atoms with van der Waals surface area (Å²) in [6, 6.07) is 5.73. The molecule has 0 heterocycles. The first kappa shape index (κ1) is 20.7. The van der Waals surface area contributed by atoms with E-state index < -0.39 is 38.5 Å². The molecule has 0 unspecified atom stereocenters. The molecule has 0 aliphatic rings. The fraction of sp³-hybridized carbons (Fsp3) is 0.538. The van der Waals surface area contributed by atoms with Crippen molar-refractivity contribution in [3.8, 4) is 5.75 Å². The average molecular weight is 377 g/mol. The number of methoxy groups -OCH3 is 1. The molecule has 12 heteroatoms. The minimum absolute atomic E-state index is 0.0673. The SMILES string of the molecule is COc1ccc(S(=O)(=O)CCCN=[N+]([O-])C(CO)(CO)[N+](=O)[O-])cc1. The molecule has 1 rings (SSSR count). The summed E-state index contributed by atoms with van der Waals surface area (Å²) in [5, 5.41) is 43.8. The van der Waals surface area contributed by atoms with Gasteiger partial charge in [0, 0.05) is 0 Å². The van der Waals surface area contributed by atoms with E-state index in [1.807, 2.05) is 0 Å². The number of benzene rings is 1. The number of hydrogen-bond donors (Lipinski definition) is 2. The first-order valence-electron chi connectivity index (χ1n) is 7.11. The van der Waals surface area contributed by atoms with Crippen LogP contribution in [0.2, 0.25) is 0 Å². The van der Waals surface area contributed by atoms with E-state index >= 15 is 0 Å². The number of azo groups is 1. The second kappa shape index (κ2) is 8.69. The topological polar surface area (TPSA) is 165 Å². The summed E-state index contributed by atoms with van der Waals surface area (Å²) >= 11 is 0. The number of hydrogen-bond acceptors (Lipinski definition) is 9. The number of ether oxygens (including phenoxy) is 1. The van der Waals surface area contributed by atoms with E-state index in [0.29, 0.717) is 5.75 Å². The predicted molar refractivity (Wildman–Crippen MR) is 84.5 cm³/mol. The molecule has 140 valence electrons. The average Bonchev–Trinajstić information content (AvgIpc) is 2.60. The number of sulfone groups is 1. The maximum Gasteiger partial charge on any atom is 0.483 e. The number of nitro groups is 1. The molecule has 0 aromatic heterocycles. The van der Waals surface area contributed by atoms with Crippen molar-refractivity contribution in [3.05, 3.63) is 39.6 Å². The van der Waals surface area contributed by atoms with Gasteiger partial charge in [0.2, 0.25) is 0 Å². The first-order valence-corrected chi connectivity index (χ1v) is 8.76. The first-order chi connectivity index (χ1) is 11.7. The van der Waals surface area contributed by atoms with Crippen LogP contribution < -0.4 is 4.74 Å². The van der Waals surface area contributed by atoms with Crippen LogP contribution in [0.5, 0.6) is 5.75 Å². The Morgan fingerprint density at radius 1 is 1.20 bits per heavy atom. The minimum atomic E-state index is -3.61. The molecule has 0 bridgehead atoms. The van der Waals surface area contributed by atoms with E-state index in [-0.39, 0.29) is 23.6 Å². The highest BCUT2D eigenvalue weighted by Crippen LogP contribution is 2.17. The third-order valence-corrected chi connectivity index (χ3v) is 5.24. The summed E-state index contributed by atoms with van der Waals surface area (Å²) in [7, 11) is -2.17. The van der Waals surface area contributed by atoms with Crippen molar-refractivity contribution in [1.82, 2.24) is 0 Å². The van der Waals surface area contributed by atoms with Gasteiger partial charge in [-0.3, -0.25) is 10.1 Å². The maximum atomic E-state index is 12.1. The fourth-order valence-electron chi connectivity index (χ4n) is 1.80. The molecule has 0 saturated carbocycles. The van der Waals surface area contributed by atoms with Crippen molar-refractivity contribution in [1.29, 1.82) is 0 Å². The second-order valence-corrected chi connectivity index (χ2v) is 7.15. The van der Waals surface area contributed by atoms with E-state index in [1.165, 1.54) is 31.4 Å². The third-order valence-electron chi connectivity index (χ3n) is 3.42. The molecule has 1 aromatic rings. The summed E-state index contributed by atoms with van der Waals surface area (Å²) in [5.74, 6) is 0.167. The van der Waals surface area contributed by atoms with Crippen molar-refractivity contribution in [2.45, 2.75) is 17.0 Å². The molecule has 0 saturated heterocycles. The van der Waals surface area contributed by atoms with E-state index in [9.17, 15) is 23.7 Å². The largest absolute Gasteiger partial charge is 0.594 e. The van der Waals surface area contributed by atoms with Gasteiger partial charge in [0.1, 0.15) is 17.2 Å². The minimum Gasteiger partial charge on any atom is -0.594 e. The molecule has 0 spiro atoms. The van der Waals surface area contributed by atoms with Gasteiger partial charge in [0.05, 0.1) is 17.8 Å². The Hall–Kier alpha value is -2.31. The van der Waals surface area contributed by atoms with Crippen molar-refractivity contribution in [2.75, 3.05) is 32.6 Å². The summed E-state index contributed by atoms with van der Waals surface area (Å²) in [5.41, 5.74) is -2.69. The Morgan fingerprint density at radius 2 is 1.76 bits per heavy atom. The highest BCUT2D eigenvalue weighted by atomic mass is 32.2. The zero-order valence-corrected chi connectivity index (χ0v) is 14.3. The van der Waals surface area contributed by atoms with Crippen molar-refractivity contribution in [2.24, 2.45) is 5.11 Å². The van der Waals surface area contributed by atoms with E-state index in [1.54, 1.807) is 0 Å². The van der Waals surface area contributed by atoms with Gasteiger partial charge < -0.3 is 20.2 Å². The summed E-state index contributed by atoms with van der Waals surface area (Å²) in [6.45, 7) is -2.81. The summed E-state index contributed by atoms with van der Waals surface area (Å²) in [6.07, 6.45) is -0.0717. The van der Waals surface area contributed by atoms with Crippen LogP contribution >= 0.6 is 0 Å². The fourth-order valence-corrected chi connectivity index (χ4v) is 3.10. The van der Waals surface area contributed by atoms with Crippen LogP contribution in [0, 0.1) is 15.3 Å². The quantitative estimate of drug-likeness (QED) is 0.141. The Balaban J connectivity index is 2.73. The lowest BCUT2D eigenvalue weighted by Gasteiger charge is -2.16. The van der Waals surface area contributed by atoms with Gasteiger partial charge >= 0.3 is 5.66 Å². The van der Waals surface area contributed by atoms with Gasteiger partial charge in [-0.15, -0.1) is 0 Å². The lowest BCUT2D eigenvalue weighted by molar-refractivity contribution is -0.819. The standard InChI is InChI=1S/C13H19N3O8S/c1-24-11-3-5-12(6-4-11)25(22,23)8-2-7-14-15(19)13(9-17,10-18)16(20)21/h3-6,17-18H,2,7-10H2,1H3. The Morgan fingerprint density at radius 3 is 2.20 bits per heavy atom. The zero-order valence-electron chi connectivity index (χ0n) is 13.4. The molecule has 0 aliphatic carbocycles. The lowest BCUT2D eigenvalue weighted by atomic mass is 10.2. The van der Waals surface area contributed by atoms with Crippen LogP contribution in [0.4, 0.5) is 0 Å². The Kier molecular flexibility index (Phi) is 7.21. The van der Waals surface area contributed by atoms with Gasteiger partial charge in [-0.1, -0.05) is 0 Å². The third kappa shape index (κ3) is 4.84. The van der Waals surface area contributed by atoms with Crippen LogP contribution in [0.25, 0.3) is 0 Å².